The zero-order chi connectivity index (χ0) is 12.3. The number of ketones is 1. The van der Waals surface area contributed by atoms with Gasteiger partial charge in [-0.2, -0.15) is 5.10 Å². The first kappa shape index (κ1) is 11.5. The molecule has 0 bridgehead atoms. The Kier molecular flexibility index (Phi) is 3.32. The zero-order valence-electron chi connectivity index (χ0n) is 10.00. The summed E-state index contributed by atoms with van der Waals surface area (Å²) in [7, 11) is 0. The van der Waals surface area contributed by atoms with Crippen molar-refractivity contribution in [3.8, 4) is 0 Å². The molecular weight excluding hydrogens is 214 g/mol. The van der Waals surface area contributed by atoms with E-state index < -0.39 is 0 Å². The number of rotatable bonds is 4. The Morgan fingerprint density at radius 1 is 1.29 bits per heavy atom. The fraction of sp³-hybridized carbons (Fsp3) is 0.308. The monoisotopic (exact) mass is 229 g/mol. The van der Waals surface area contributed by atoms with E-state index in [-0.39, 0.29) is 12.3 Å². The Hall–Kier alpha value is -1.97. The number of carbonyl (C=O) groups is 1. The van der Waals surface area contributed by atoms with E-state index in [0.29, 0.717) is 11.5 Å². The first-order valence-electron chi connectivity index (χ1n) is 5.62. The minimum atomic E-state index is 0.0470. The van der Waals surface area contributed by atoms with E-state index in [0.717, 1.165) is 0 Å². The molecule has 17 heavy (non-hydrogen) atoms. The molecule has 0 fully saturated rings. The molecular formula is C13H15N3O. The van der Waals surface area contributed by atoms with Gasteiger partial charge in [0.1, 0.15) is 19.2 Å². The zero-order valence-corrected chi connectivity index (χ0v) is 10.00. The topological polar surface area (TPSA) is 47.8 Å². The van der Waals surface area contributed by atoms with Crippen LogP contribution in [0.4, 0.5) is 0 Å². The number of Topliss-reactive ketones (excluding diaryl/α,β-unsaturated/α-hetero) is 1. The fourth-order valence-electron chi connectivity index (χ4n) is 1.61. The highest BCUT2D eigenvalue weighted by Gasteiger charge is 2.07. The Morgan fingerprint density at radius 2 is 2.00 bits per heavy atom. The van der Waals surface area contributed by atoms with Crippen LogP contribution in [0.15, 0.2) is 36.9 Å². The van der Waals surface area contributed by atoms with Crippen molar-refractivity contribution in [1.82, 2.24) is 14.8 Å². The first-order chi connectivity index (χ1) is 8.16. The van der Waals surface area contributed by atoms with Gasteiger partial charge in [-0.3, -0.25) is 4.79 Å². The molecule has 4 nitrogen and oxygen atoms in total. The number of benzene rings is 1. The van der Waals surface area contributed by atoms with Crippen LogP contribution in [-0.4, -0.2) is 20.5 Å². The van der Waals surface area contributed by atoms with E-state index in [1.807, 2.05) is 24.3 Å². The summed E-state index contributed by atoms with van der Waals surface area (Å²) in [6.45, 7) is 4.50. The molecule has 0 aliphatic carbocycles. The molecule has 2 aromatic rings. The van der Waals surface area contributed by atoms with Gasteiger partial charge in [0.2, 0.25) is 0 Å². The van der Waals surface area contributed by atoms with Gasteiger partial charge in [0.15, 0.2) is 5.78 Å². The predicted molar refractivity (Wildman–Crippen MR) is 64.9 cm³/mol. The number of hydrogen-bond acceptors (Lipinski definition) is 3. The minimum absolute atomic E-state index is 0.0470. The Bertz CT molecular complexity index is 486. The maximum absolute atomic E-state index is 11.9. The van der Waals surface area contributed by atoms with Crippen molar-refractivity contribution >= 4 is 5.78 Å². The van der Waals surface area contributed by atoms with Crippen molar-refractivity contribution < 1.29 is 4.79 Å². The molecule has 0 amide bonds. The quantitative estimate of drug-likeness (QED) is 0.756. The van der Waals surface area contributed by atoms with Gasteiger partial charge < -0.3 is 0 Å². The molecule has 0 atom stereocenters. The van der Waals surface area contributed by atoms with Crippen LogP contribution in [0.25, 0.3) is 0 Å². The van der Waals surface area contributed by atoms with Crippen molar-refractivity contribution in [2.24, 2.45) is 0 Å². The van der Waals surface area contributed by atoms with Crippen LogP contribution in [0.1, 0.15) is 35.7 Å². The maximum atomic E-state index is 11.9. The number of nitrogens with zero attached hydrogens (tertiary/aromatic N) is 3. The summed E-state index contributed by atoms with van der Waals surface area (Å²) in [5, 5.41) is 3.91. The van der Waals surface area contributed by atoms with E-state index in [2.05, 4.69) is 23.9 Å². The molecule has 1 aromatic heterocycles. The van der Waals surface area contributed by atoms with E-state index in [4.69, 9.17) is 0 Å². The van der Waals surface area contributed by atoms with Gasteiger partial charge >= 0.3 is 0 Å². The summed E-state index contributed by atoms with van der Waals surface area (Å²) in [5.41, 5.74) is 1.95. The minimum Gasteiger partial charge on any atom is -0.292 e. The average Bonchev–Trinajstić information content (AvgIpc) is 2.82. The highest BCUT2D eigenvalue weighted by molar-refractivity contribution is 5.95. The van der Waals surface area contributed by atoms with Crippen LogP contribution < -0.4 is 0 Å². The largest absolute Gasteiger partial charge is 0.292 e. The van der Waals surface area contributed by atoms with Crippen LogP contribution in [-0.2, 0) is 6.54 Å². The smallest absolute Gasteiger partial charge is 0.184 e. The van der Waals surface area contributed by atoms with E-state index >= 15 is 0 Å². The Morgan fingerprint density at radius 3 is 2.53 bits per heavy atom. The Balaban J connectivity index is 2.09. The second kappa shape index (κ2) is 4.91. The van der Waals surface area contributed by atoms with Gasteiger partial charge in [0.05, 0.1) is 0 Å². The van der Waals surface area contributed by atoms with Crippen LogP contribution in [0.5, 0.6) is 0 Å². The van der Waals surface area contributed by atoms with Crippen molar-refractivity contribution in [3.63, 3.8) is 0 Å². The van der Waals surface area contributed by atoms with Crippen molar-refractivity contribution in [3.05, 3.63) is 48.0 Å². The van der Waals surface area contributed by atoms with Gasteiger partial charge in [-0.15, -0.1) is 0 Å². The lowest BCUT2D eigenvalue weighted by atomic mass is 10.0. The van der Waals surface area contributed by atoms with Gasteiger partial charge in [-0.05, 0) is 11.5 Å². The summed E-state index contributed by atoms with van der Waals surface area (Å²) >= 11 is 0. The van der Waals surface area contributed by atoms with Gasteiger partial charge in [0, 0.05) is 5.56 Å². The molecule has 4 heteroatoms. The third kappa shape index (κ3) is 2.78. The maximum Gasteiger partial charge on any atom is 0.184 e. The summed E-state index contributed by atoms with van der Waals surface area (Å²) in [4.78, 5) is 15.7. The molecule has 1 aromatic carbocycles. The second-order valence-electron chi connectivity index (χ2n) is 4.29. The fourth-order valence-corrected chi connectivity index (χ4v) is 1.61. The molecule has 88 valence electrons. The molecule has 0 spiro atoms. The van der Waals surface area contributed by atoms with Crippen molar-refractivity contribution in [2.45, 2.75) is 26.3 Å². The average molecular weight is 229 g/mol. The molecule has 0 radical (unpaired) electrons. The first-order valence-corrected chi connectivity index (χ1v) is 5.62. The summed E-state index contributed by atoms with van der Waals surface area (Å²) in [6, 6.07) is 7.74. The van der Waals surface area contributed by atoms with Gasteiger partial charge in [-0.1, -0.05) is 38.1 Å². The van der Waals surface area contributed by atoms with E-state index in [1.165, 1.54) is 16.6 Å². The predicted octanol–water partition coefficient (Wildman–Crippen LogP) is 2.28. The normalized spacial score (nSPS) is 10.8. The lowest BCUT2D eigenvalue weighted by Crippen LogP contribution is -2.10. The second-order valence-corrected chi connectivity index (χ2v) is 4.29. The molecule has 0 aliphatic heterocycles. The standard InChI is InChI=1S/C13H15N3O/c1-10(2)11-3-5-12(6-4-11)13(17)7-16-9-14-8-15-16/h3-6,8-10H,7H2,1-2H3. The van der Waals surface area contributed by atoms with Crippen molar-refractivity contribution in [2.75, 3.05) is 0 Å². The Labute approximate surface area is 100 Å². The number of aromatic nitrogens is 3. The molecule has 0 aliphatic rings. The third-order valence-corrected chi connectivity index (χ3v) is 2.67. The third-order valence-electron chi connectivity index (χ3n) is 2.67. The molecule has 0 saturated heterocycles. The molecule has 0 N–H and O–H groups in total. The lowest BCUT2D eigenvalue weighted by Gasteiger charge is -2.06. The van der Waals surface area contributed by atoms with Crippen LogP contribution in [0.2, 0.25) is 0 Å². The molecule has 2 rings (SSSR count). The van der Waals surface area contributed by atoms with Crippen LogP contribution >= 0.6 is 0 Å². The molecule has 0 unspecified atom stereocenters. The summed E-state index contributed by atoms with van der Waals surface area (Å²) < 4.78 is 1.53. The van der Waals surface area contributed by atoms with E-state index in [1.54, 1.807) is 6.33 Å². The number of carbonyl (C=O) groups excluding carboxylic acids is 1. The molecule has 0 saturated carbocycles. The van der Waals surface area contributed by atoms with Crippen LogP contribution in [0.3, 0.4) is 0 Å². The van der Waals surface area contributed by atoms with Crippen molar-refractivity contribution in [1.29, 1.82) is 0 Å². The van der Waals surface area contributed by atoms with Gasteiger partial charge in [-0.25, -0.2) is 9.67 Å². The molecule has 1 heterocycles. The highest BCUT2D eigenvalue weighted by Crippen LogP contribution is 2.15. The SMILES string of the molecule is CC(C)c1ccc(C(=O)Cn2cncn2)cc1. The van der Waals surface area contributed by atoms with Crippen LogP contribution in [0, 0.1) is 0 Å². The summed E-state index contributed by atoms with van der Waals surface area (Å²) in [6.07, 6.45) is 2.97. The lowest BCUT2D eigenvalue weighted by molar-refractivity contribution is 0.0967. The highest BCUT2D eigenvalue weighted by atomic mass is 16.1. The van der Waals surface area contributed by atoms with Gasteiger partial charge in [0.25, 0.3) is 0 Å². The van der Waals surface area contributed by atoms with E-state index in [9.17, 15) is 4.79 Å². The summed E-state index contributed by atoms with van der Waals surface area (Å²) in [5.74, 6) is 0.528. The number of hydrogen-bond donors (Lipinski definition) is 0.